The number of aryl methyl sites for hydroxylation is 3. The Bertz CT molecular complexity index is 1290. The number of fused-ring (bicyclic) bond motifs is 1. The van der Waals surface area contributed by atoms with E-state index in [0.717, 1.165) is 6.07 Å². The number of alkyl halides is 3. The van der Waals surface area contributed by atoms with Gasteiger partial charge >= 0.3 is 6.18 Å². The number of carbonyl (C=O) groups is 1. The molecule has 0 unspecified atom stereocenters. The Balaban J connectivity index is 1.80. The summed E-state index contributed by atoms with van der Waals surface area (Å²) in [5.41, 5.74) is 1.20. The predicted molar refractivity (Wildman–Crippen MR) is 108 cm³/mol. The van der Waals surface area contributed by atoms with Crippen LogP contribution in [0.25, 0.3) is 16.9 Å². The van der Waals surface area contributed by atoms with Crippen molar-refractivity contribution in [3.8, 4) is 11.3 Å². The number of benzene rings is 1. The summed E-state index contributed by atoms with van der Waals surface area (Å²) in [7, 11) is 0. The molecule has 10 heteroatoms. The fraction of sp³-hybridized carbons (Fsp3) is 0.190. The van der Waals surface area contributed by atoms with Crippen LogP contribution < -0.4 is 5.32 Å². The first-order valence-electron chi connectivity index (χ1n) is 9.29. The molecule has 0 spiro atoms. The maximum Gasteiger partial charge on any atom is 0.417 e. The molecule has 0 saturated carbocycles. The largest absolute Gasteiger partial charge is 0.417 e. The van der Waals surface area contributed by atoms with Gasteiger partial charge in [0.15, 0.2) is 5.65 Å². The van der Waals surface area contributed by atoms with Crippen LogP contribution in [0, 0.1) is 20.8 Å². The van der Waals surface area contributed by atoms with Crippen LogP contribution in [0.3, 0.4) is 0 Å². The Labute approximate surface area is 175 Å². The van der Waals surface area contributed by atoms with E-state index < -0.39 is 17.6 Å². The molecule has 31 heavy (non-hydrogen) atoms. The van der Waals surface area contributed by atoms with Crippen LogP contribution in [0.15, 0.2) is 42.6 Å². The van der Waals surface area contributed by atoms with Crippen LogP contribution in [0.2, 0.25) is 0 Å². The molecule has 0 radical (unpaired) electrons. The standard InChI is InChI=1S/C21H17F3N6O/c1-11-10-12(2)26-20(25-11)28-19(31)17-13(3)29-30-9-8-16(27-18(17)30)14-6-4-5-7-15(14)21(22,23)24/h4-10H,1-3H3,(H,25,26,28,31). The predicted octanol–water partition coefficient (Wildman–Crippen LogP) is 4.38. The van der Waals surface area contributed by atoms with Crippen molar-refractivity contribution in [1.29, 1.82) is 0 Å². The quantitative estimate of drug-likeness (QED) is 0.525. The Morgan fingerprint density at radius 3 is 2.35 bits per heavy atom. The molecule has 3 aromatic heterocycles. The third-order valence-electron chi connectivity index (χ3n) is 4.60. The third kappa shape index (κ3) is 3.96. The molecular weight excluding hydrogens is 409 g/mol. The lowest BCUT2D eigenvalue weighted by Gasteiger charge is -2.12. The lowest BCUT2D eigenvalue weighted by Crippen LogP contribution is -2.16. The van der Waals surface area contributed by atoms with E-state index in [9.17, 15) is 18.0 Å². The average Bonchev–Trinajstić information content (AvgIpc) is 3.01. The molecular formula is C21H17F3N6O. The molecule has 0 fully saturated rings. The van der Waals surface area contributed by atoms with Crippen LogP contribution in [-0.4, -0.2) is 30.5 Å². The first-order chi connectivity index (χ1) is 14.6. The zero-order valence-electron chi connectivity index (χ0n) is 16.8. The van der Waals surface area contributed by atoms with E-state index in [2.05, 4.69) is 25.4 Å². The topological polar surface area (TPSA) is 85.1 Å². The number of anilines is 1. The highest BCUT2D eigenvalue weighted by molar-refractivity contribution is 6.08. The van der Waals surface area contributed by atoms with Gasteiger partial charge in [-0.25, -0.2) is 19.5 Å². The Hall–Kier alpha value is -3.82. The van der Waals surface area contributed by atoms with Gasteiger partial charge in [0.05, 0.1) is 17.0 Å². The molecule has 0 bridgehead atoms. The Morgan fingerprint density at radius 1 is 1.00 bits per heavy atom. The minimum absolute atomic E-state index is 0.0806. The van der Waals surface area contributed by atoms with E-state index in [1.165, 1.54) is 35.0 Å². The van der Waals surface area contributed by atoms with Gasteiger partial charge in [0.25, 0.3) is 5.91 Å². The van der Waals surface area contributed by atoms with Crippen molar-refractivity contribution < 1.29 is 18.0 Å². The van der Waals surface area contributed by atoms with Gasteiger partial charge in [-0.05, 0) is 39.0 Å². The van der Waals surface area contributed by atoms with E-state index >= 15 is 0 Å². The Morgan fingerprint density at radius 2 is 1.68 bits per heavy atom. The highest BCUT2D eigenvalue weighted by Crippen LogP contribution is 2.36. The van der Waals surface area contributed by atoms with E-state index in [0.29, 0.717) is 17.1 Å². The van der Waals surface area contributed by atoms with Crippen LogP contribution in [0.1, 0.15) is 33.0 Å². The van der Waals surface area contributed by atoms with Crippen molar-refractivity contribution in [3.63, 3.8) is 0 Å². The molecule has 1 aromatic carbocycles. The molecule has 4 rings (SSSR count). The number of hydrogen-bond donors (Lipinski definition) is 1. The summed E-state index contributed by atoms with van der Waals surface area (Å²) in [5, 5.41) is 6.87. The van der Waals surface area contributed by atoms with Gasteiger partial charge in [-0.1, -0.05) is 18.2 Å². The lowest BCUT2D eigenvalue weighted by molar-refractivity contribution is -0.137. The second-order valence-corrected chi connectivity index (χ2v) is 7.01. The molecule has 0 atom stereocenters. The summed E-state index contributed by atoms with van der Waals surface area (Å²) in [6, 6.07) is 8.35. The van der Waals surface area contributed by atoms with Gasteiger partial charge in [-0.2, -0.15) is 18.3 Å². The molecule has 1 N–H and O–H groups in total. The molecule has 158 valence electrons. The van der Waals surface area contributed by atoms with Gasteiger partial charge in [0.2, 0.25) is 5.95 Å². The van der Waals surface area contributed by atoms with Crippen LogP contribution in [0.5, 0.6) is 0 Å². The fourth-order valence-electron chi connectivity index (χ4n) is 3.35. The fourth-order valence-corrected chi connectivity index (χ4v) is 3.35. The number of amides is 1. The minimum atomic E-state index is -4.54. The van der Waals surface area contributed by atoms with Crippen LogP contribution in [-0.2, 0) is 6.18 Å². The highest BCUT2D eigenvalue weighted by atomic mass is 19.4. The molecule has 0 aliphatic heterocycles. The third-order valence-corrected chi connectivity index (χ3v) is 4.60. The van der Waals surface area contributed by atoms with E-state index in [4.69, 9.17) is 0 Å². The van der Waals surface area contributed by atoms with E-state index in [1.54, 1.807) is 26.8 Å². The number of carbonyl (C=O) groups excluding carboxylic acids is 1. The zero-order valence-corrected chi connectivity index (χ0v) is 16.8. The van der Waals surface area contributed by atoms with E-state index in [1.807, 2.05) is 0 Å². The summed E-state index contributed by atoms with van der Waals surface area (Å²) in [4.78, 5) is 25.6. The molecule has 1 amide bonds. The molecule has 0 aliphatic rings. The van der Waals surface area contributed by atoms with Crippen molar-refractivity contribution in [2.24, 2.45) is 0 Å². The lowest BCUT2D eigenvalue weighted by atomic mass is 10.0. The van der Waals surface area contributed by atoms with Crippen LogP contribution in [0.4, 0.5) is 19.1 Å². The molecule has 3 heterocycles. The number of nitrogens with one attached hydrogen (secondary N) is 1. The van der Waals surface area contributed by atoms with Crippen molar-refractivity contribution in [1.82, 2.24) is 24.6 Å². The maximum atomic E-state index is 13.4. The highest BCUT2D eigenvalue weighted by Gasteiger charge is 2.34. The SMILES string of the molecule is Cc1cc(C)nc(NC(=O)c2c(C)nn3ccc(-c4ccccc4C(F)(F)F)nc23)n1. The van der Waals surface area contributed by atoms with Gasteiger partial charge in [0, 0.05) is 23.1 Å². The van der Waals surface area contributed by atoms with Crippen LogP contribution >= 0.6 is 0 Å². The van der Waals surface area contributed by atoms with Gasteiger partial charge in [-0.3, -0.25) is 10.1 Å². The summed E-state index contributed by atoms with van der Waals surface area (Å²) in [6.45, 7) is 5.17. The number of rotatable bonds is 3. The molecule has 0 aliphatic carbocycles. The first-order valence-corrected chi connectivity index (χ1v) is 9.29. The normalized spacial score (nSPS) is 11.7. The second-order valence-electron chi connectivity index (χ2n) is 7.01. The second kappa shape index (κ2) is 7.46. The van der Waals surface area contributed by atoms with Crippen molar-refractivity contribution in [2.75, 3.05) is 5.32 Å². The molecule has 0 saturated heterocycles. The number of nitrogens with zero attached hydrogens (tertiary/aromatic N) is 5. The number of hydrogen-bond acceptors (Lipinski definition) is 5. The van der Waals surface area contributed by atoms with Crippen molar-refractivity contribution in [2.45, 2.75) is 26.9 Å². The maximum absolute atomic E-state index is 13.4. The summed E-state index contributed by atoms with van der Waals surface area (Å²) < 4.78 is 41.7. The van der Waals surface area contributed by atoms with Gasteiger partial charge in [-0.15, -0.1) is 0 Å². The summed E-state index contributed by atoms with van der Waals surface area (Å²) in [5.74, 6) is -0.425. The van der Waals surface area contributed by atoms with Crippen molar-refractivity contribution >= 4 is 17.5 Å². The van der Waals surface area contributed by atoms with Crippen molar-refractivity contribution in [3.05, 3.63) is 70.8 Å². The number of aromatic nitrogens is 5. The first kappa shape index (κ1) is 20.5. The Kier molecular flexibility index (Phi) is 4.92. The monoisotopic (exact) mass is 426 g/mol. The molecule has 4 aromatic rings. The minimum Gasteiger partial charge on any atom is -0.290 e. The average molecular weight is 426 g/mol. The smallest absolute Gasteiger partial charge is 0.290 e. The van der Waals surface area contributed by atoms with E-state index in [-0.39, 0.29) is 28.4 Å². The summed E-state index contributed by atoms with van der Waals surface area (Å²) in [6.07, 6.45) is -3.07. The zero-order chi connectivity index (χ0) is 22.3. The molecule has 7 nitrogen and oxygen atoms in total. The van der Waals surface area contributed by atoms with Gasteiger partial charge < -0.3 is 0 Å². The van der Waals surface area contributed by atoms with Gasteiger partial charge in [0.1, 0.15) is 5.56 Å². The number of halogens is 3. The summed E-state index contributed by atoms with van der Waals surface area (Å²) >= 11 is 0.